The number of ether oxygens (including phenoxy) is 1. The maximum atomic E-state index is 6.06. The number of hydrogen-bond acceptors (Lipinski definition) is 2. The van der Waals surface area contributed by atoms with E-state index in [-0.39, 0.29) is 0 Å². The maximum absolute atomic E-state index is 6.06. The minimum absolute atomic E-state index is 0.541. The predicted molar refractivity (Wildman–Crippen MR) is 75.7 cm³/mol. The lowest BCUT2D eigenvalue weighted by Crippen LogP contribution is -2.04. The van der Waals surface area contributed by atoms with Gasteiger partial charge in [0.2, 0.25) is 0 Å². The van der Waals surface area contributed by atoms with E-state index >= 15 is 0 Å². The predicted octanol–water partition coefficient (Wildman–Crippen LogP) is 4.29. The van der Waals surface area contributed by atoms with Crippen LogP contribution in [0.2, 0.25) is 10.0 Å². The van der Waals surface area contributed by atoms with Crippen LogP contribution in [-0.2, 0) is 6.42 Å². The van der Waals surface area contributed by atoms with Crippen LogP contribution < -0.4 is 10.5 Å². The van der Waals surface area contributed by atoms with Gasteiger partial charge in [0.25, 0.3) is 0 Å². The van der Waals surface area contributed by atoms with Crippen LogP contribution in [0.15, 0.2) is 42.5 Å². The molecule has 0 aliphatic rings. The molecule has 0 spiro atoms. The third kappa shape index (κ3) is 3.16. The van der Waals surface area contributed by atoms with E-state index in [2.05, 4.69) is 0 Å². The van der Waals surface area contributed by atoms with E-state index < -0.39 is 0 Å². The zero-order valence-corrected chi connectivity index (χ0v) is 11.2. The normalized spacial score (nSPS) is 10.4. The number of nitrogens with two attached hydrogens (primary N) is 1. The number of rotatable bonds is 4. The quantitative estimate of drug-likeness (QED) is 0.908. The molecule has 4 heteroatoms. The first-order valence-corrected chi connectivity index (χ1v) is 6.37. The first kappa shape index (κ1) is 13.2. The van der Waals surface area contributed by atoms with Crippen LogP contribution in [0.4, 0.5) is 0 Å². The van der Waals surface area contributed by atoms with E-state index in [0.29, 0.717) is 28.8 Å². The fourth-order valence-corrected chi connectivity index (χ4v) is 2.01. The van der Waals surface area contributed by atoms with Crippen molar-refractivity contribution >= 4 is 23.2 Å². The maximum Gasteiger partial charge on any atom is 0.146 e. The fourth-order valence-electron chi connectivity index (χ4n) is 1.64. The van der Waals surface area contributed by atoms with E-state index in [0.717, 1.165) is 11.3 Å². The van der Waals surface area contributed by atoms with Crippen molar-refractivity contribution in [1.29, 1.82) is 0 Å². The summed E-state index contributed by atoms with van der Waals surface area (Å²) >= 11 is 12.0. The largest absolute Gasteiger partial charge is 0.456 e. The molecule has 0 saturated heterocycles. The van der Waals surface area contributed by atoms with Gasteiger partial charge >= 0.3 is 0 Å². The van der Waals surface area contributed by atoms with Crippen LogP contribution in [0.3, 0.4) is 0 Å². The standard InChI is InChI=1S/C14H13Cl2NO/c15-11-5-6-13(10(9-11)7-8-17)18-14-4-2-1-3-12(14)16/h1-6,9H,7-8,17H2. The molecule has 2 rings (SSSR count). The van der Waals surface area contributed by atoms with Gasteiger partial charge in [-0.15, -0.1) is 0 Å². The van der Waals surface area contributed by atoms with Crippen molar-refractivity contribution in [2.45, 2.75) is 6.42 Å². The highest BCUT2D eigenvalue weighted by Crippen LogP contribution is 2.32. The molecule has 2 aromatic rings. The SMILES string of the molecule is NCCc1cc(Cl)ccc1Oc1ccccc1Cl. The molecule has 0 saturated carbocycles. The summed E-state index contributed by atoms with van der Waals surface area (Å²) < 4.78 is 5.80. The number of hydrogen-bond donors (Lipinski definition) is 1. The van der Waals surface area contributed by atoms with Gasteiger partial charge in [-0.25, -0.2) is 0 Å². The first-order chi connectivity index (χ1) is 8.70. The van der Waals surface area contributed by atoms with Gasteiger partial charge in [-0.05, 0) is 48.9 Å². The Morgan fingerprint density at radius 3 is 2.50 bits per heavy atom. The second kappa shape index (κ2) is 6.10. The molecule has 0 aromatic heterocycles. The molecule has 0 unspecified atom stereocenters. The smallest absolute Gasteiger partial charge is 0.146 e. The molecule has 0 bridgehead atoms. The molecule has 0 heterocycles. The summed E-state index contributed by atoms with van der Waals surface area (Å²) in [6.07, 6.45) is 0.709. The summed E-state index contributed by atoms with van der Waals surface area (Å²) in [4.78, 5) is 0. The molecule has 0 amide bonds. The van der Waals surface area contributed by atoms with Gasteiger partial charge in [0.05, 0.1) is 5.02 Å². The van der Waals surface area contributed by atoms with Crippen molar-refractivity contribution in [3.8, 4) is 11.5 Å². The molecule has 0 fully saturated rings. The molecule has 0 radical (unpaired) electrons. The molecule has 0 aliphatic carbocycles. The van der Waals surface area contributed by atoms with E-state index in [4.69, 9.17) is 33.7 Å². The molecule has 0 atom stereocenters. The van der Waals surface area contributed by atoms with Crippen molar-refractivity contribution in [2.75, 3.05) is 6.54 Å². The second-order valence-electron chi connectivity index (χ2n) is 3.82. The Kier molecular flexibility index (Phi) is 4.48. The van der Waals surface area contributed by atoms with Gasteiger partial charge in [-0.2, -0.15) is 0 Å². The van der Waals surface area contributed by atoms with E-state index in [1.165, 1.54) is 0 Å². The van der Waals surface area contributed by atoms with E-state index in [1.54, 1.807) is 12.1 Å². The molecule has 2 N–H and O–H groups in total. The first-order valence-electron chi connectivity index (χ1n) is 5.61. The summed E-state index contributed by atoms with van der Waals surface area (Å²) in [6.45, 7) is 0.541. The van der Waals surface area contributed by atoms with Gasteiger partial charge in [0.15, 0.2) is 0 Å². The van der Waals surface area contributed by atoms with Crippen LogP contribution in [0.5, 0.6) is 11.5 Å². The van der Waals surface area contributed by atoms with Gasteiger partial charge in [-0.1, -0.05) is 35.3 Å². The minimum atomic E-state index is 0.541. The van der Waals surface area contributed by atoms with Crippen molar-refractivity contribution in [1.82, 2.24) is 0 Å². The lowest BCUT2D eigenvalue weighted by Gasteiger charge is -2.12. The minimum Gasteiger partial charge on any atom is -0.456 e. The Morgan fingerprint density at radius 2 is 1.78 bits per heavy atom. The zero-order valence-electron chi connectivity index (χ0n) is 9.70. The topological polar surface area (TPSA) is 35.2 Å². The Bertz CT molecular complexity index is 543. The van der Waals surface area contributed by atoms with Gasteiger partial charge < -0.3 is 10.5 Å². The van der Waals surface area contributed by atoms with Crippen LogP contribution in [0.1, 0.15) is 5.56 Å². The Labute approximate surface area is 116 Å². The molecule has 18 heavy (non-hydrogen) atoms. The van der Waals surface area contributed by atoms with Crippen LogP contribution >= 0.6 is 23.2 Å². The van der Waals surface area contributed by atoms with Gasteiger partial charge in [0.1, 0.15) is 11.5 Å². The third-order valence-electron chi connectivity index (χ3n) is 2.49. The van der Waals surface area contributed by atoms with E-state index in [9.17, 15) is 0 Å². The van der Waals surface area contributed by atoms with Crippen LogP contribution in [0, 0.1) is 0 Å². The molecule has 2 aromatic carbocycles. The molecular weight excluding hydrogens is 269 g/mol. The van der Waals surface area contributed by atoms with Crippen molar-refractivity contribution in [3.05, 3.63) is 58.1 Å². The average Bonchev–Trinajstić information content (AvgIpc) is 2.35. The molecule has 94 valence electrons. The summed E-state index contributed by atoms with van der Waals surface area (Å²) in [7, 11) is 0. The highest BCUT2D eigenvalue weighted by molar-refractivity contribution is 6.32. The molecule has 0 aliphatic heterocycles. The third-order valence-corrected chi connectivity index (χ3v) is 3.04. The number of benzene rings is 2. The van der Waals surface area contributed by atoms with Gasteiger partial charge in [0, 0.05) is 5.02 Å². The Balaban J connectivity index is 2.31. The zero-order chi connectivity index (χ0) is 13.0. The average molecular weight is 282 g/mol. The fraction of sp³-hybridized carbons (Fsp3) is 0.143. The molecule has 2 nitrogen and oxygen atoms in total. The Morgan fingerprint density at radius 1 is 1.00 bits per heavy atom. The monoisotopic (exact) mass is 281 g/mol. The van der Waals surface area contributed by atoms with Crippen molar-refractivity contribution < 1.29 is 4.74 Å². The van der Waals surface area contributed by atoms with Gasteiger partial charge in [-0.3, -0.25) is 0 Å². The van der Waals surface area contributed by atoms with Crippen molar-refractivity contribution in [3.63, 3.8) is 0 Å². The van der Waals surface area contributed by atoms with Crippen LogP contribution in [0.25, 0.3) is 0 Å². The lowest BCUT2D eigenvalue weighted by atomic mass is 10.1. The second-order valence-corrected chi connectivity index (χ2v) is 4.67. The summed E-state index contributed by atoms with van der Waals surface area (Å²) in [5.74, 6) is 1.36. The highest BCUT2D eigenvalue weighted by atomic mass is 35.5. The highest BCUT2D eigenvalue weighted by Gasteiger charge is 2.07. The summed E-state index contributed by atoms with van der Waals surface area (Å²) in [5.41, 5.74) is 6.55. The van der Waals surface area contributed by atoms with Crippen molar-refractivity contribution in [2.24, 2.45) is 5.73 Å². The summed E-state index contributed by atoms with van der Waals surface area (Å²) in [6, 6.07) is 12.8. The lowest BCUT2D eigenvalue weighted by molar-refractivity contribution is 0.476. The summed E-state index contributed by atoms with van der Waals surface area (Å²) in [5, 5.41) is 1.25. The number of para-hydroxylation sites is 1. The molecular formula is C14H13Cl2NO. The number of halogens is 2. The Hall–Kier alpha value is -1.22. The van der Waals surface area contributed by atoms with E-state index in [1.807, 2.05) is 30.3 Å². The van der Waals surface area contributed by atoms with Crippen LogP contribution in [-0.4, -0.2) is 6.54 Å².